The van der Waals surface area contributed by atoms with Crippen molar-refractivity contribution in [3.05, 3.63) is 95.1 Å². The molecule has 0 saturated heterocycles. The number of rotatable bonds is 13. The molecule has 12 heteroatoms. The van der Waals surface area contributed by atoms with E-state index in [0.717, 1.165) is 30.3 Å². The number of hydrogen-bond donors (Lipinski definition) is 2. The molecule has 230 valence electrons. The molecule has 0 spiro atoms. The van der Waals surface area contributed by atoms with Crippen molar-refractivity contribution >= 4 is 23.5 Å². The lowest BCUT2D eigenvalue weighted by Gasteiger charge is -2.28. The molecule has 2 amide bonds. The number of alkyl halides is 3. The molecule has 2 N–H and O–H groups in total. The zero-order valence-electron chi connectivity index (χ0n) is 23.5. The Morgan fingerprint density at radius 2 is 1.53 bits per heavy atom. The lowest BCUT2D eigenvalue weighted by Crippen LogP contribution is -2.28. The molecule has 0 aromatic heterocycles. The van der Waals surface area contributed by atoms with Crippen LogP contribution in [0.3, 0.4) is 0 Å². The highest BCUT2D eigenvalue weighted by atomic mass is 19.4. The summed E-state index contributed by atoms with van der Waals surface area (Å²) >= 11 is 0. The molecule has 0 aliphatic heterocycles. The molecule has 2 atom stereocenters. The van der Waals surface area contributed by atoms with E-state index in [-0.39, 0.29) is 19.6 Å². The van der Waals surface area contributed by atoms with Crippen molar-refractivity contribution in [3.8, 4) is 5.75 Å². The average Bonchev–Trinajstić information content (AvgIpc) is 2.95. The smallest absolute Gasteiger partial charge is 0.466 e. The van der Waals surface area contributed by atoms with Crippen LogP contribution >= 0.6 is 0 Å². The summed E-state index contributed by atoms with van der Waals surface area (Å²) in [5.74, 6) is -5.34. The van der Waals surface area contributed by atoms with Gasteiger partial charge in [-0.05, 0) is 66.8 Å². The fourth-order valence-electron chi connectivity index (χ4n) is 4.58. The fraction of sp³-hybridized carbons (Fsp3) is 0.323. The van der Waals surface area contributed by atoms with Gasteiger partial charge in [-0.25, -0.2) is 8.78 Å². The first-order valence-electron chi connectivity index (χ1n) is 13.6. The highest BCUT2D eigenvalue weighted by Crippen LogP contribution is 2.39. The summed E-state index contributed by atoms with van der Waals surface area (Å²) in [6.45, 7) is 3.86. The average molecular weight is 607 g/mol. The van der Waals surface area contributed by atoms with Gasteiger partial charge in [-0.1, -0.05) is 37.6 Å². The largest absolute Gasteiger partial charge is 0.573 e. The van der Waals surface area contributed by atoms with E-state index in [2.05, 4.69) is 15.4 Å². The van der Waals surface area contributed by atoms with Gasteiger partial charge < -0.3 is 20.1 Å². The van der Waals surface area contributed by atoms with E-state index >= 15 is 0 Å². The minimum absolute atomic E-state index is 0.00569. The number of carbonyl (C=O) groups is 3. The van der Waals surface area contributed by atoms with E-state index in [9.17, 15) is 36.3 Å². The second-order valence-electron chi connectivity index (χ2n) is 9.54. The molecule has 0 aliphatic carbocycles. The van der Waals surface area contributed by atoms with Gasteiger partial charge in [-0.15, -0.1) is 13.2 Å². The lowest BCUT2D eigenvalue weighted by atomic mass is 9.78. The minimum atomic E-state index is -4.91. The van der Waals surface area contributed by atoms with E-state index in [4.69, 9.17) is 4.74 Å². The molecular weight excluding hydrogens is 575 g/mol. The molecular formula is C31H31F5N2O5. The molecule has 3 aromatic carbocycles. The fourth-order valence-corrected chi connectivity index (χ4v) is 4.58. The first kappa shape index (κ1) is 33.0. The third-order valence-corrected chi connectivity index (χ3v) is 6.46. The van der Waals surface area contributed by atoms with Gasteiger partial charge in [0.05, 0.1) is 24.6 Å². The summed E-state index contributed by atoms with van der Waals surface area (Å²) in [4.78, 5) is 37.7. The van der Waals surface area contributed by atoms with Crippen LogP contribution in [-0.4, -0.2) is 37.3 Å². The van der Waals surface area contributed by atoms with Crippen molar-refractivity contribution in [2.75, 3.05) is 18.5 Å². The van der Waals surface area contributed by atoms with Crippen LogP contribution in [0.25, 0.3) is 0 Å². The maximum atomic E-state index is 14.4. The topological polar surface area (TPSA) is 93.7 Å². The van der Waals surface area contributed by atoms with E-state index in [1.54, 1.807) is 31.2 Å². The standard InChI is InChI=1S/C31H31F5N2O5/c1-3-5-24(19-6-8-21(9-7-19)29(40)37-17-16-27(39)42-4-2)28(20-10-13-23(14-11-20)43-31(34,35)36)30(41)38-26-18-22(32)12-15-25(26)33/h6-15,18,24,28H,3-5,16-17H2,1-2H3,(H,37,40)(H,38,41)/t24-,28+/m1/s1. The van der Waals surface area contributed by atoms with Gasteiger partial charge in [0.2, 0.25) is 5.91 Å². The Hall–Kier alpha value is -4.48. The Morgan fingerprint density at radius 3 is 2.14 bits per heavy atom. The zero-order valence-corrected chi connectivity index (χ0v) is 23.5. The predicted molar refractivity (Wildman–Crippen MR) is 149 cm³/mol. The first-order chi connectivity index (χ1) is 20.4. The van der Waals surface area contributed by atoms with Gasteiger partial charge in [0.15, 0.2) is 0 Å². The summed E-state index contributed by atoms with van der Waals surface area (Å²) in [5.41, 5.74) is 0.833. The van der Waals surface area contributed by atoms with Crippen molar-refractivity contribution in [1.29, 1.82) is 0 Å². The maximum Gasteiger partial charge on any atom is 0.573 e. The minimum Gasteiger partial charge on any atom is -0.466 e. The number of hydrogen-bond acceptors (Lipinski definition) is 5. The van der Waals surface area contributed by atoms with Crippen molar-refractivity contribution in [2.24, 2.45) is 0 Å². The van der Waals surface area contributed by atoms with Crippen LogP contribution in [0, 0.1) is 11.6 Å². The third kappa shape index (κ3) is 9.79. The number of ether oxygens (including phenoxy) is 2. The molecule has 43 heavy (non-hydrogen) atoms. The highest BCUT2D eigenvalue weighted by molar-refractivity contribution is 5.97. The second kappa shape index (κ2) is 15.1. The van der Waals surface area contributed by atoms with E-state index < -0.39 is 59.1 Å². The Kier molecular flexibility index (Phi) is 11.6. The van der Waals surface area contributed by atoms with Crippen LogP contribution in [-0.2, 0) is 14.3 Å². The number of nitrogens with one attached hydrogen (secondary N) is 2. The van der Waals surface area contributed by atoms with Crippen molar-refractivity contribution in [1.82, 2.24) is 5.32 Å². The zero-order chi connectivity index (χ0) is 31.6. The number of esters is 1. The number of halogens is 5. The number of carbonyl (C=O) groups excluding carboxylic acids is 3. The molecule has 0 fully saturated rings. The monoisotopic (exact) mass is 606 g/mol. The van der Waals surface area contributed by atoms with Crippen molar-refractivity contribution in [3.63, 3.8) is 0 Å². The highest BCUT2D eigenvalue weighted by Gasteiger charge is 2.33. The normalized spacial score (nSPS) is 12.6. The van der Waals surface area contributed by atoms with Crippen LogP contribution in [0.1, 0.15) is 66.4 Å². The molecule has 0 heterocycles. The van der Waals surface area contributed by atoms with E-state index in [1.165, 1.54) is 12.1 Å². The SMILES string of the molecule is CCC[C@H](c1ccc(C(=O)NCCC(=O)OCC)cc1)[C@@H](C(=O)Nc1cc(F)ccc1F)c1ccc(OC(F)(F)F)cc1. The molecule has 0 radical (unpaired) electrons. The van der Waals surface area contributed by atoms with Crippen LogP contribution in [0.5, 0.6) is 5.75 Å². The molecule has 0 bridgehead atoms. The second-order valence-corrected chi connectivity index (χ2v) is 9.54. The van der Waals surface area contributed by atoms with Crippen molar-refractivity contribution < 1.29 is 45.8 Å². The van der Waals surface area contributed by atoms with Crippen LogP contribution < -0.4 is 15.4 Å². The summed E-state index contributed by atoms with van der Waals surface area (Å²) < 4.78 is 75.1. The Balaban J connectivity index is 1.92. The van der Waals surface area contributed by atoms with Gasteiger partial charge in [-0.3, -0.25) is 14.4 Å². The summed E-state index contributed by atoms with van der Waals surface area (Å²) in [7, 11) is 0. The molecule has 0 unspecified atom stereocenters. The molecule has 3 rings (SSSR count). The summed E-state index contributed by atoms with van der Waals surface area (Å²) in [6, 6.07) is 13.7. The van der Waals surface area contributed by atoms with Crippen LogP contribution in [0.2, 0.25) is 0 Å². The van der Waals surface area contributed by atoms with E-state index in [1.807, 2.05) is 6.92 Å². The quantitative estimate of drug-likeness (QED) is 0.164. The van der Waals surface area contributed by atoms with Gasteiger partial charge in [0.1, 0.15) is 17.4 Å². The van der Waals surface area contributed by atoms with Gasteiger partial charge in [0.25, 0.3) is 5.91 Å². The molecule has 7 nitrogen and oxygen atoms in total. The first-order valence-corrected chi connectivity index (χ1v) is 13.6. The number of benzene rings is 3. The van der Waals surface area contributed by atoms with Gasteiger partial charge in [-0.2, -0.15) is 0 Å². The van der Waals surface area contributed by atoms with Gasteiger partial charge in [0, 0.05) is 18.2 Å². The Morgan fingerprint density at radius 1 is 0.884 bits per heavy atom. The summed E-state index contributed by atoms with van der Waals surface area (Å²) in [6.07, 6.45) is -3.89. The van der Waals surface area contributed by atoms with Gasteiger partial charge >= 0.3 is 12.3 Å². The van der Waals surface area contributed by atoms with Crippen LogP contribution in [0.15, 0.2) is 66.7 Å². The number of amides is 2. The molecule has 0 aliphatic rings. The van der Waals surface area contributed by atoms with Crippen LogP contribution in [0.4, 0.5) is 27.6 Å². The predicted octanol–water partition coefficient (Wildman–Crippen LogP) is 6.85. The molecule has 0 saturated carbocycles. The van der Waals surface area contributed by atoms with E-state index in [0.29, 0.717) is 29.5 Å². The summed E-state index contributed by atoms with van der Waals surface area (Å²) in [5, 5.41) is 5.04. The molecule has 3 aromatic rings. The number of anilines is 1. The lowest BCUT2D eigenvalue weighted by molar-refractivity contribution is -0.274. The Labute approximate surface area is 245 Å². The Bertz CT molecular complexity index is 1400. The third-order valence-electron chi connectivity index (χ3n) is 6.46. The maximum absolute atomic E-state index is 14.4. The van der Waals surface area contributed by atoms with Crippen molar-refractivity contribution in [2.45, 2.75) is 51.3 Å².